The van der Waals surface area contributed by atoms with E-state index in [0.717, 1.165) is 4.90 Å². The quantitative estimate of drug-likeness (QED) is 0.0356. The number of hydrogen-bond donors (Lipinski definition) is 1. The van der Waals surface area contributed by atoms with Gasteiger partial charge in [0.05, 0.1) is 21.0 Å². The molecule has 2 aliphatic heterocycles. The van der Waals surface area contributed by atoms with E-state index in [1.54, 1.807) is 30.3 Å². The Balaban J connectivity index is 1.28. The molecular weight excluding hydrogens is 732 g/mol. The number of nitrogens with one attached hydrogen (secondary N) is 1. The molecule has 0 bridgehead atoms. The Labute approximate surface area is 308 Å². The number of carbonyl (C=O) groups is 4. The lowest BCUT2D eigenvalue weighted by molar-refractivity contribution is -0.385. The molecule has 2 unspecified atom stereocenters. The van der Waals surface area contributed by atoms with Crippen molar-refractivity contribution in [2.24, 2.45) is 5.92 Å². The average Bonchev–Trinajstić information content (AvgIpc) is 3.16. The van der Waals surface area contributed by atoms with Crippen molar-refractivity contribution in [1.82, 2.24) is 10.2 Å². The molecule has 2 aliphatic rings. The van der Waals surface area contributed by atoms with Gasteiger partial charge in [-0.15, -0.1) is 4.79 Å². The number of ether oxygens (including phenoxy) is 4. The molecule has 1 N–H and O–H groups in total. The van der Waals surface area contributed by atoms with Gasteiger partial charge in [-0.05, 0) is 47.9 Å². The minimum atomic E-state index is -2.29. The van der Waals surface area contributed by atoms with Crippen molar-refractivity contribution in [3.63, 3.8) is 0 Å². The number of esters is 1. The molecule has 20 heteroatoms. The monoisotopic (exact) mass is 762 g/mol. The van der Waals surface area contributed by atoms with Gasteiger partial charge in [-0.3, -0.25) is 29.9 Å². The number of amides is 2. The average molecular weight is 763 g/mol. The van der Waals surface area contributed by atoms with Gasteiger partial charge in [0.25, 0.3) is 11.4 Å². The molecule has 280 valence electrons. The van der Waals surface area contributed by atoms with Gasteiger partial charge in [-0.2, -0.15) is 0 Å². The zero-order valence-corrected chi connectivity index (χ0v) is 29.0. The molecule has 2 heterocycles. The normalized spacial score (nSPS) is 18.0. The standard InChI is InChI=1S/C34H30N6O13S/c1-20(53-34(44)52-19-23-9-13-25(14-10-23)40(47)48)27-30(41)38-28(32(42)50-17-21-5-3-2-4-6-21)26(29(37-35)54(49)31(27)38)15-16-36-33(43)51-18-22-7-11-24(12-8-22)39(45)46/h2-14,20,27,31H,15-19H2,1H3,(H,36,43)/t20?,27-,31+,54?/m0/s1. The van der Waals surface area contributed by atoms with Crippen molar-refractivity contribution in [2.45, 2.75) is 44.6 Å². The van der Waals surface area contributed by atoms with Crippen molar-refractivity contribution in [3.05, 3.63) is 133 Å². The van der Waals surface area contributed by atoms with E-state index in [1.165, 1.54) is 55.5 Å². The highest BCUT2D eigenvalue weighted by atomic mass is 32.2. The van der Waals surface area contributed by atoms with Crippen LogP contribution in [0.25, 0.3) is 5.53 Å². The number of nitro groups is 2. The van der Waals surface area contributed by atoms with Crippen molar-refractivity contribution in [2.75, 3.05) is 6.54 Å². The molecule has 3 aromatic rings. The van der Waals surface area contributed by atoms with Crippen LogP contribution in [-0.4, -0.2) is 71.3 Å². The third kappa shape index (κ3) is 8.87. The van der Waals surface area contributed by atoms with Crippen LogP contribution in [-0.2, 0) is 59.5 Å². The maximum absolute atomic E-state index is 13.8. The number of rotatable bonds is 14. The van der Waals surface area contributed by atoms with E-state index < -0.39 is 73.3 Å². The van der Waals surface area contributed by atoms with Crippen molar-refractivity contribution in [3.8, 4) is 0 Å². The molecule has 0 spiro atoms. The lowest BCUT2D eigenvalue weighted by Gasteiger charge is -2.48. The number of fused-ring (bicyclic) bond motifs is 1. The second-order valence-electron chi connectivity index (χ2n) is 11.7. The molecule has 4 atom stereocenters. The number of benzene rings is 3. The lowest BCUT2D eigenvalue weighted by atomic mass is 9.90. The Kier molecular flexibility index (Phi) is 12.3. The van der Waals surface area contributed by atoms with Gasteiger partial charge in [0.15, 0.2) is 5.70 Å². The van der Waals surface area contributed by atoms with Crippen LogP contribution < -0.4 is 5.32 Å². The fourth-order valence-electron chi connectivity index (χ4n) is 5.53. The van der Waals surface area contributed by atoms with Gasteiger partial charge < -0.3 is 34.3 Å². The highest BCUT2D eigenvalue weighted by Gasteiger charge is 2.67. The largest absolute Gasteiger partial charge is 0.604 e. The molecule has 0 radical (unpaired) electrons. The van der Waals surface area contributed by atoms with Crippen molar-refractivity contribution >= 4 is 51.7 Å². The van der Waals surface area contributed by atoms with Gasteiger partial charge in [0.1, 0.15) is 37.4 Å². The summed E-state index contributed by atoms with van der Waals surface area (Å²) in [6.45, 7) is 0.337. The smallest absolute Gasteiger partial charge is 0.508 e. The minimum absolute atomic E-state index is 0.142. The van der Waals surface area contributed by atoms with Crippen LogP contribution in [0.2, 0.25) is 0 Å². The van der Waals surface area contributed by atoms with Gasteiger partial charge in [-0.25, -0.2) is 14.4 Å². The van der Waals surface area contributed by atoms with Crippen LogP contribution in [0.3, 0.4) is 0 Å². The van der Waals surface area contributed by atoms with E-state index >= 15 is 0 Å². The zero-order chi connectivity index (χ0) is 38.9. The Morgan fingerprint density at radius 3 is 1.96 bits per heavy atom. The first-order valence-corrected chi connectivity index (χ1v) is 17.2. The number of carbonyl (C=O) groups excluding carboxylic acids is 4. The maximum Gasteiger partial charge on any atom is 0.508 e. The summed E-state index contributed by atoms with van der Waals surface area (Å²) in [5.74, 6) is -3.07. The molecule has 0 saturated carbocycles. The third-order valence-electron chi connectivity index (χ3n) is 8.23. The Hall–Kier alpha value is -6.63. The van der Waals surface area contributed by atoms with E-state index in [1.807, 2.05) is 0 Å². The molecule has 1 fully saturated rings. The summed E-state index contributed by atoms with van der Waals surface area (Å²) in [4.78, 5) is 76.9. The zero-order valence-electron chi connectivity index (χ0n) is 28.2. The second kappa shape index (κ2) is 17.3. The number of hydrogen-bond acceptors (Lipinski definition) is 13. The molecule has 0 aromatic heterocycles. The summed E-state index contributed by atoms with van der Waals surface area (Å²) in [6, 6.07) is 19.1. The molecule has 19 nitrogen and oxygen atoms in total. The molecule has 3 aromatic carbocycles. The number of β-lactam (4-membered cyclic amide) rings is 1. The first kappa shape index (κ1) is 38.6. The van der Waals surface area contributed by atoms with Crippen LogP contribution in [0.15, 0.2) is 90.1 Å². The Bertz CT molecular complexity index is 2020. The summed E-state index contributed by atoms with van der Waals surface area (Å²) >= 11 is -2.29. The summed E-state index contributed by atoms with van der Waals surface area (Å²) in [6.07, 6.45) is -3.64. The number of nitro benzene ring substituents is 2. The topological polar surface area (TPSA) is 266 Å². The summed E-state index contributed by atoms with van der Waals surface area (Å²) in [7, 11) is 0. The predicted octanol–water partition coefficient (Wildman–Crippen LogP) is 4.03. The summed E-state index contributed by atoms with van der Waals surface area (Å²) in [5.41, 5.74) is 10.6. The Morgan fingerprint density at radius 2 is 1.41 bits per heavy atom. The third-order valence-corrected chi connectivity index (χ3v) is 9.88. The van der Waals surface area contributed by atoms with E-state index in [4.69, 9.17) is 18.9 Å². The predicted molar refractivity (Wildman–Crippen MR) is 184 cm³/mol. The van der Waals surface area contributed by atoms with Gasteiger partial charge in [0, 0.05) is 37.2 Å². The van der Waals surface area contributed by atoms with Gasteiger partial charge >= 0.3 is 23.3 Å². The highest BCUT2D eigenvalue weighted by molar-refractivity contribution is 8.07. The first-order valence-electron chi connectivity index (χ1n) is 16.0. The second-order valence-corrected chi connectivity index (χ2v) is 13.1. The molecule has 0 aliphatic carbocycles. The van der Waals surface area contributed by atoms with Gasteiger partial charge in [-0.1, -0.05) is 30.3 Å². The van der Waals surface area contributed by atoms with E-state index in [2.05, 4.69) is 10.1 Å². The SMILES string of the molecule is CC(OC(=O)OCc1ccc([N+](=O)[O-])cc1)[C@H]1C(=O)N2C(C(=O)OCc3ccccc3)=C(CCNC(=O)OCc3ccc([N+](=O)[O-])cc3)C(=[N+]=[N-])[S+]([O-])[C@H]12. The Morgan fingerprint density at radius 1 is 0.870 bits per heavy atom. The summed E-state index contributed by atoms with van der Waals surface area (Å²) in [5, 5.41) is 22.4. The number of alkyl carbamates (subject to hydrolysis) is 1. The number of non-ortho nitro benzene ring substituents is 2. The van der Waals surface area contributed by atoms with Crippen LogP contribution in [0.4, 0.5) is 21.0 Å². The van der Waals surface area contributed by atoms with Crippen molar-refractivity contribution in [1.29, 1.82) is 0 Å². The molecule has 2 amide bonds. The molecule has 54 heavy (non-hydrogen) atoms. The summed E-state index contributed by atoms with van der Waals surface area (Å²) < 4.78 is 34.8. The number of nitrogens with zero attached hydrogens (tertiary/aromatic N) is 5. The van der Waals surface area contributed by atoms with Crippen molar-refractivity contribution < 1.29 is 57.3 Å². The first-order chi connectivity index (χ1) is 25.9. The van der Waals surface area contributed by atoms with Gasteiger partial charge in [0.2, 0.25) is 11.3 Å². The van der Waals surface area contributed by atoms with E-state index in [0.29, 0.717) is 16.7 Å². The molecular formula is C34H30N6O13S. The van der Waals surface area contributed by atoms with Crippen LogP contribution >= 0.6 is 0 Å². The highest BCUT2D eigenvalue weighted by Crippen LogP contribution is 2.44. The molecule has 1 saturated heterocycles. The maximum atomic E-state index is 13.8. The lowest BCUT2D eigenvalue weighted by Crippen LogP contribution is -2.70. The van der Waals surface area contributed by atoms with E-state index in [9.17, 15) is 49.5 Å². The van der Waals surface area contributed by atoms with Crippen LogP contribution in [0.1, 0.15) is 30.0 Å². The van der Waals surface area contributed by atoms with Crippen LogP contribution in [0.5, 0.6) is 0 Å². The van der Waals surface area contributed by atoms with E-state index in [-0.39, 0.29) is 49.7 Å². The fraction of sp³-hybridized carbons (Fsp3) is 0.265. The fourth-order valence-corrected chi connectivity index (χ4v) is 7.28. The molecule has 5 rings (SSSR count). The van der Waals surface area contributed by atoms with Crippen LogP contribution in [0, 0.1) is 26.1 Å². The minimum Gasteiger partial charge on any atom is -0.604 e.